The fraction of sp³-hybridized carbons (Fsp3) is 0. The van der Waals surface area contributed by atoms with Crippen LogP contribution in [-0.2, 0) is 0 Å². The molecule has 1 aromatic heterocycles. The molecule has 0 bridgehead atoms. The molecule has 1 heterocycles. The van der Waals surface area contributed by atoms with Crippen molar-refractivity contribution in [3.05, 3.63) is 29.8 Å². The second-order valence-electron chi connectivity index (χ2n) is 1.47. The highest BCUT2D eigenvalue weighted by molar-refractivity contribution is 7.10. The van der Waals surface area contributed by atoms with E-state index in [-0.39, 0.29) is 0 Å². The first-order chi connectivity index (χ1) is 4.34. The number of aromatic nitrogens is 2. The van der Waals surface area contributed by atoms with E-state index in [0.29, 0.717) is 0 Å². The maximum Gasteiger partial charge on any atom is 0.146 e. The van der Waals surface area contributed by atoms with Gasteiger partial charge < -0.3 is 0 Å². The van der Waals surface area contributed by atoms with Crippen LogP contribution < -0.4 is 0 Å². The van der Waals surface area contributed by atoms with Gasteiger partial charge in [-0.25, -0.2) is 0 Å². The van der Waals surface area contributed by atoms with Crippen LogP contribution >= 0.6 is 11.3 Å². The van der Waals surface area contributed by atoms with Gasteiger partial charge >= 0.3 is 0 Å². The zero-order valence-electron chi connectivity index (χ0n) is 4.87. The van der Waals surface area contributed by atoms with Crippen molar-refractivity contribution >= 4 is 16.9 Å². The standard InChI is InChI=1S/C6H6N2S/c1-3-5(2)6-8-7-4-9-6/h3-4H,1-2H2. The van der Waals surface area contributed by atoms with Crippen molar-refractivity contribution < 1.29 is 0 Å². The summed E-state index contributed by atoms with van der Waals surface area (Å²) in [5.41, 5.74) is 2.50. The van der Waals surface area contributed by atoms with Gasteiger partial charge in [-0.1, -0.05) is 30.6 Å². The SMILES string of the molecule is C=CC(=C)c1nncs1. The molecule has 1 rings (SSSR count). The molecule has 0 saturated heterocycles. The smallest absolute Gasteiger partial charge is 0.146 e. The topological polar surface area (TPSA) is 25.8 Å². The molecule has 1 aromatic rings. The van der Waals surface area contributed by atoms with Gasteiger partial charge in [-0.15, -0.1) is 10.2 Å². The van der Waals surface area contributed by atoms with E-state index in [1.165, 1.54) is 11.3 Å². The highest BCUT2D eigenvalue weighted by Crippen LogP contribution is 2.12. The summed E-state index contributed by atoms with van der Waals surface area (Å²) in [6, 6.07) is 0. The Morgan fingerprint density at radius 1 is 1.78 bits per heavy atom. The first-order valence-electron chi connectivity index (χ1n) is 2.42. The predicted molar refractivity (Wildman–Crippen MR) is 39.1 cm³/mol. The van der Waals surface area contributed by atoms with Gasteiger partial charge in [0.2, 0.25) is 0 Å². The highest BCUT2D eigenvalue weighted by atomic mass is 32.1. The van der Waals surface area contributed by atoms with Crippen molar-refractivity contribution in [1.82, 2.24) is 10.2 Å². The Bertz CT molecular complexity index is 213. The molecule has 0 atom stereocenters. The van der Waals surface area contributed by atoms with Crippen LogP contribution in [0.1, 0.15) is 5.01 Å². The van der Waals surface area contributed by atoms with Crippen molar-refractivity contribution in [1.29, 1.82) is 0 Å². The number of allylic oxidation sites excluding steroid dienone is 2. The van der Waals surface area contributed by atoms with Gasteiger partial charge in [-0.2, -0.15) is 0 Å². The van der Waals surface area contributed by atoms with Crippen LogP contribution in [0.2, 0.25) is 0 Å². The summed E-state index contributed by atoms with van der Waals surface area (Å²) >= 11 is 1.46. The monoisotopic (exact) mass is 138 g/mol. The predicted octanol–water partition coefficient (Wildman–Crippen LogP) is 1.74. The van der Waals surface area contributed by atoms with Gasteiger partial charge in [0.05, 0.1) is 0 Å². The maximum atomic E-state index is 3.78. The molecular weight excluding hydrogens is 132 g/mol. The Morgan fingerprint density at radius 2 is 2.56 bits per heavy atom. The summed E-state index contributed by atoms with van der Waals surface area (Å²) in [5, 5.41) is 8.27. The maximum absolute atomic E-state index is 3.78. The van der Waals surface area contributed by atoms with Crippen molar-refractivity contribution in [2.24, 2.45) is 0 Å². The third-order valence-corrected chi connectivity index (χ3v) is 1.65. The van der Waals surface area contributed by atoms with Gasteiger partial charge in [0.25, 0.3) is 0 Å². The van der Waals surface area contributed by atoms with Gasteiger partial charge in [0, 0.05) is 5.57 Å². The summed E-state index contributed by atoms with van der Waals surface area (Å²) < 4.78 is 0. The molecule has 0 fully saturated rings. The number of hydrogen-bond acceptors (Lipinski definition) is 3. The van der Waals surface area contributed by atoms with Crippen LogP contribution in [-0.4, -0.2) is 10.2 Å². The molecule has 0 saturated carbocycles. The van der Waals surface area contributed by atoms with Crippen LogP contribution in [0.25, 0.3) is 5.57 Å². The molecule has 2 nitrogen and oxygen atoms in total. The molecule has 0 aromatic carbocycles. The molecule has 9 heavy (non-hydrogen) atoms. The van der Waals surface area contributed by atoms with E-state index in [1.807, 2.05) is 0 Å². The zero-order valence-corrected chi connectivity index (χ0v) is 5.69. The van der Waals surface area contributed by atoms with E-state index in [2.05, 4.69) is 23.4 Å². The van der Waals surface area contributed by atoms with Gasteiger partial charge in [-0.3, -0.25) is 0 Å². The molecule has 0 radical (unpaired) electrons. The second kappa shape index (κ2) is 2.55. The van der Waals surface area contributed by atoms with E-state index in [0.717, 1.165) is 10.6 Å². The average molecular weight is 138 g/mol. The Balaban J connectivity index is 2.89. The van der Waals surface area contributed by atoms with Crippen LogP contribution in [0.15, 0.2) is 24.7 Å². The van der Waals surface area contributed by atoms with Crippen molar-refractivity contribution in [2.45, 2.75) is 0 Å². The summed E-state index contributed by atoms with van der Waals surface area (Å²) in [6.45, 7) is 7.26. The summed E-state index contributed by atoms with van der Waals surface area (Å²) in [7, 11) is 0. The first-order valence-corrected chi connectivity index (χ1v) is 3.30. The molecule has 0 aliphatic carbocycles. The lowest BCUT2D eigenvalue weighted by Gasteiger charge is -1.85. The minimum Gasteiger partial charge on any atom is -0.147 e. The lowest BCUT2D eigenvalue weighted by molar-refractivity contribution is 1.08. The molecule has 46 valence electrons. The fourth-order valence-electron chi connectivity index (χ4n) is 0.400. The molecule has 0 unspecified atom stereocenters. The molecule has 3 heteroatoms. The normalized spacial score (nSPS) is 8.89. The fourth-order valence-corrected chi connectivity index (χ4v) is 0.923. The lowest BCUT2D eigenvalue weighted by Crippen LogP contribution is -1.74. The van der Waals surface area contributed by atoms with Crippen molar-refractivity contribution in [3.8, 4) is 0 Å². The van der Waals surface area contributed by atoms with E-state index < -0.39 is 0 Å². The minimum atomic E-state index is 0.831. The largest absolute Gasteiger partial charge is 0.147 e. The van der Waals surface area contributed by atoms with Gasteiger partial charge in [0.1, 0.15) is 10.5 Å². The van der Waals surface area contributed by atoms with E-state index in [4.69, 9.17) is 0 Å². The quantitative estimate of drug-likeness (QED) is 0.582. The van der Waals surface area contributed by atoms with Crippen molar-refractivity contribution in [3.63, 3.8) is 0 Å². The summed E-state index contributed by atoms with van der Waals surface area (Å²) in [4.78, 5) is 0. The molecular formula is C6H6N2S. The number of hydrogen-bond donors (Lipinski definition) is 0. The van der Waals surface area contributed by atoms with Crippen LogP contribution in [0.3, 0.4) is 0 Å². The van der Waals surface area contributed by atoms with Crippen molar-refractivity contribution in [2.75, 3.05) is 0 Å². The second-order valence-corrected chi connectivity index (χ2v) is 2.31. The van der Waals surface area contributed by atoms with E-state index in [1.54, 1.807) is 11.6 Å². The molecule has 0 aliphatic rings. The van der Waals surface area contributed by atoms with Crippen LogP contribution in [0.5, 0.6) is 0 Å². The lowest BCUT2D eigenvalue weighted by atomic mass is 10.3. The molecule has 0 aliphatic heterocycles. The van der Waals surface area contributed by atoms with E-state index >= 15 is 0 Å². The third-order valence-electron chi connectivity index (χ3n) is 0.881. The van der Waals surface area contributed by atoms with E-state index in [9.17, 15) is 0 Å². The number of rotatable bonds is 2. The molecule has 0 N–H and O–H groups in total. The molecule has 0 spiro atoms. The number of nitrogens with zero attached hydrogens (tertiary/aromatic N) is 2. The Morgan fingerprint density at radius 3 is 3.00 bits per heavy atom. The highest BCUT2D eigenvalue weighted by Gasteiger charge is 1.95. The first kappa shape index (κ1) is 6.16. The average Bonchev–Trinajstić information content (AvgIpc) is 2.37. The van der Waals surface area contributed by atoms with Gasteiger partial charge in [-0.05, 0) is 0 Å². The summed E-state index contributed by atoms with van der Waals surface area (Å²) in [5.74, 6) is 0. The Kier molecular flexibility index (Phi) is 1.75. The molecule has 0 amide bonds. The summed E-state index contributed by atoms with van der Waals surface area (Å²) in [6.07, 6.45) is 1.67. The van der Waals surface area contributed by atoms with Gasteiger partial charge in [0.15, 0.2) is 0 Å². The Hall–Kier alpha value is -0.960. The van der Waals surface area contributed by atoms with Crippen LogP contribution in [0.4, 0.5) is 0 Å². The minimum absolute atomic E-state index is 0.831. The van der Waals surface area contributed by atoms with Crippen LogP contribution in [0, 0.1) is 0 Å². The zero-order chi connectivity index (χ0) is 6.69. The third kappa shape index (κ3) is 1.23. The Labute approximate surface area is 57.6 Å².